The molecule has 0 atom stereocenters. The van der Waals surface area contributed by atoms with Crippen LogP contribution < -0.4 is 0 Å². The summed E-state index contributed by atoms with van der Waals surface area (Å²) in [6, 6.07) is 0. The molecule has 0 fully saturated rings. The van der Waals surface area contributed by atoms with Gasteiger partial charge in [-0.05, 0) is 6.92 Å². The fourth-order valence-corrected chi connectivity index (χ4v) is 0.491. The van der Waals surface area contributed by atoms with Crippen molar-refractivity contribution in [2.45, 2.75) is 6.92 Å². The Morgan fingerprint density at radius 1 is 1.67 bits per heavy atom. The molecule has 1 aromatic rings. The lowest BCUT2D eigenvalue weighted by molar-refractivity contribution is 0.562. The van der Waals surface area contributed by atoms with Crippen LogP contribution in [-0.2, 0) is 4.79 Å². The lowest BCUT2D eigenvalue weighted by Gasteiger charge is -1.89. The Kier molecular flexibility index (Phi) is 1.53. The van der Waals surface area contributed by atoms with Gasteiger partial charge in [-0.15, -0.1) is 0 Å². The molecule has 1 heterocycles. The van der Waals surface area contributed by atoms with Crippen LogP contribution in [0.1, 0.15) is 11.3 Å². The predicted molar refractivity (Wildman–Crippen MR) is 31.6 cm³/mol. The summed E-state index contributed by atoms with van der Waals surface area (Å²) < 4.78 is 0. The second-order valence-electron chi connectivity index (χ2n) is 1.62. The Labute approximate surface area is 52.8 Å². The van der Waals surface area contributed by atoms with Crippen LogP contribution in [0.5, 0.6) is 0 Å². The summed E-state index contributed by atoms with van der Waals surface area (Å²) in [7, 11) is 0. The lowest BCUT2D eigenvalue weighted by Crippen LogP contribution is -1.90. The summed E-state index contributed by atoms with van der Waals surface area (Å²) in [5, 5.41) is 0. The van der Waals surface area contributed by atoms with Gasteiger partial charge in [-0.2, -0.15) is 0 Å². The Morgan fingerprint density at radius 2 is 2.44 bits per heavy atom. The summed E-state index contributed by atoms with van der Waals surface area (Å²) in [4.78, 5) is 17.4. The van der Waals surface area contributed by atoms with Crippen molar-refractivity contribution in [2.75, 3.05) is 0 Å². The van der Waals surface area contributed by atoms with Crippen LogP contribution in [0.3, 0.4) is 0 Å². The van der Waals surface area contributed by atoms with E-state index in [1.165, 1.54) is 12.5 Å². The topological polar surface area (TPSA) is 42.9 Å². The van der Waals surface area contributed by atoms with Crippen LogP contribution in [0, 0.1) is 6.92 Å². The van der Waals surface area contributed by atoms with Crippen LogP contribution in [0.15, 0.2) is 12.5 Å². The number of aryl methyl sites for hydroxylation is 1. The van der Waals surface area contributed by atoms with E-state index in [-0.39, 0.29) is 0 Å². The van der Waals surface area contributed by atoms with E-state index in [2.05, 4.69) is 9.97 Å². The number of rotatable bonds is 1. The molecule has 45 valence electrons. The van der Waals surface area contributed by atoms with Crippen LogP contribution in [0.4, 0.5) is 0 Å². The highest BCUT2D eigenvalue weighted by atomic mass is 16.1. The van der Waals surface area contributed by atoms with Gasteiger partial charge in [-0.1, -0.05) is 0 Å². The van der Waals surface area contributed by atoms with Gasteiger partial charge in [0.25, 0.3) is 0 Å². The molecule has 0 aliphatic heterocycles. The highest BCUT2D eigenvalue weighted by Gasteiger charge is 1.94. The molecule has 1 radical (unpaired) electrons. The van der Waals surface area contributed by atoms with Crippen LogP contribution in [0.25, 0.3) is 0 Å². The molecule has 0 amide bonds. The van der Waals surface area contributed by atoms with Gasteiger partial charge in [0.05, 0.1) is 11.3 Å². The quantitative estimate of drug-likeness (QED) is 0.534. The fraction of sp³-hybridized carbons (Fsp3) is 0.167. The molecule has 3 nitrogen and oxygen atoms in total. The Balaban J connectivity index is 3.15. The van der Waals surface area contributed by atoms with E-state index >= 15 is 0 Å². The first-order valence-electron chi connectivity index (χ1n) is 2.49. The monoisotopic (exact) mass is 121 g/mol. The van der Waals surface area contributed by atoms with Crippen molar-refractivity contribution >= 4 is 6.29 Å². The number of carbonyl (C=O) groups excluding carboxylic acids is 1. The van der Waals surface area contributed by atoms with Gasteiger partial charge in [0.15, 0.2) is 0 Å². The highest BCUT2D eigenvalue weighted by Crippen LogP contribution is 1.94. The second kappa shape index (κ2) is 2.35. The zero-order valence-electron chi connectivity index (χ0n) is 4.96. The van der Waals surface area contributed by atoms with E-state index in [0.29, 0.717) is 11.3 Å². The van der Waals surface area contributed by atoms with Gasteiger partial charge in [0.1, 0.15) is 6.33 Å². The standard InChI is InChI=1S/C6H5N2O/c1-5-6(3-9)2-7-4-8-5/h2,4H,1H3. The highest BCUT2D eigenvalue weighted by molar-refractivity contribution is 5.75. The zero-order valence-corrected chi connectivity index (χ0v) is 4.96. The number of hydrogen-bond acceptors (Lipinski definition) is 3. The molecule has 0 saturated carbocycles. The molecule has 0 unspecified atom stereocenters. The molecule has 0 aromatic carbocycles. The molecule has 9 heavy (non-hydrogen) atoms. The molecule has 0 N–H and O–H groups in total. The Hall–Kier alpha value is -1.25. The molecule has 0 bridgehead atoms. The molecule has 0 spiro atoms. The maximum Gasteiger partial charge on any atom is 0.237 e. The smallest absolute Gasteiger partial charge is 0.237 e. The summed E-state index contributed by atoms with van der Waals surface area (Å²) in [6.07, 6.45) is 4.56. The maximum atomic E-state index is 10.0. The minimum Gasteiger partial charge on any atom is -0.285 e. The average molecular weight is 121 g/mol. The fourth-order valence-electron chi connectivity index (χ4n) is 0.491. The molecular weight excluding hydrogens is 116 g/mol. The SMILES string of the molecule is Cc1ncncc1[C]=O. The normalized spacial score (nSPS) is 9.00. The van der Waals surface area contributed by atoms with E-state index in [1.54, 1.807) is 13.2 Å². The third-order valence-electron chi connectivity index (χ3n) is 1.02. The van der Waals surface area contributed by atoms with E-state index in [1.807, 2.05) is 0 Å². The summed E-state index contributed by atoms with van der Waals surface area (Å²) in [6.45, 7) is 1.74. The number of nitrogens with zero attached hydrogens (tertiary/aromatic N) is 2. The molecule has 0 aliphatic rings. The molecule has 3 heteroatoms. The molecule has 0 saturated heterocycles. The van der Waals surface area contributed by atoms with Crippen LogP contribution >= 0.6 is 0 Å². The van der Waals surface area contributed by atoms with Crippen LogP contribution in [-0.4, -0.2) is 16.3 Å². The number of aromatic nitrogens is 2. The summed E-state index contributed by atoms with van der Waals surface area (Å²) >= 11 is 0. The van der Waals surface area contributed by atoms with E-state index < -0.39 is 0 Å². The Morgan fingerprint density at radius 3 is 2.89 bits per heavy atom. The Bertz CT molecular complexity index is 222. The zero-order chi connectivity index (χ0) is 6.69. The number of hydrogen-bond donors (Lipinski definition) is 0. The minimum absolute atomic E-state index is 0.428. The largest absolute Gasteiger partial charge is 0.285 e. The summed E-state index contributed by atoms with van der Waals surface area (Å²) in [5.74, 6) is 0. The summed E-state index contributed by atoms with van der Waals surface area (Å²) in [5.41, 5.74) is 1.09. The van der Waals surface area contributed by atoms with Gasteiger partial charge in [-0.25, -0.2) is 9.97 Å². The first-order chi connectivity index (χ1) is 4.34. The van der Waals surface area contributed by atoms with Crippen molar-refractivity contribution < 1.29 is 4.79 Å². The van der Waals surface area contributed by atoms with E-state index in [4.69, 9.17) is 0 Å². The predicted octanol–water partition coefficient (Wildman–Crippen LogP) is 0.243. The maximum absolute atomic E-state index is 10.0. The van der Waals surface area contributed by atoms with E-state index in [9.17, 15) is 4.79 Å². The van der Waals surface area contributed by atoms with E-state index in [0.717, 1.165) is 0 Å². The van der Waals surface area contributed by atoms with Crippen molar-refractivity contribution in [3.05, 3.63) is 23.8 Å². The minimum atomic E-state index is 0.428. The van der Waals surface area contributed by atoms with Crippen molar-refractivity contribution in [1.29, 1.82) is 0 Å². The first kappa shape index (κ1) is 5.88. The van der Waals surface area contributed by atoms with Gasteiger partial charge < -0.3 is 0 Å². The van der Waals surface area contributed by atoms with Gasteiger partial charge in [-0.3, -0.25) is 4.79 Å². The third kappa shape index (κ3) is 1.10. The van der Waals surface area contributed by atoms with Gasteiger partial charge in [0, 0.05) is 6.20 Å². The van der Waals surface area contributed by atoms with Gasteiger partial charge in [0.2, 0.25) is 6.29 Å². The average Bonchev–Trinajstić information content (AvgIpc) is 1.89. The van der Waals surface area contributed by atoms with Crippen molar-refractivity contribution in [1.82, 2.24) is 9.97 Å². The van der Waals surface area contributed by atoms with Crippen molar-refractivity contribution in [3.8, 4) is 0 Å². The lowest BCUT2D eigenvalue weighted by atomic mass is 10.3. The van der Waals surface area contributed by atoms with Crippen molar-refractivity contribution in [3.63, 3.8) is 0 Å². The first-order valence-corrected chi connectivity index (χ1v) is 2.49. The molecule has 1 rings (SSSR count). The molecule has 1 aromatic heterocycles. The molecule has 0 aliphatic carbocycles. The second-order valence-corrected chi connectivity index (χ2v) is 1.62. The van der Waals surface area contributed by atoms with Crippen molar-refractivity contribution in [2.24, 2.45) is 0 Å². The molecular formula is C6H5N2O. The van der Waals surface area contributed by atoms with Crippen LogP contribution in [0.2, 0.25) is 0 Å². The van der Waals surface area contributed by atoms with Gasteiger partial charge >= 0.3 is 0 Å². The third-order valence-corrected chi connectivity index (χ3v) is 1.02.